The summed E-state index contributed by atoms with van der Waals surface area (Å²) < 4.78 is 0. The molecule has 6 nitrogen and oxygen atoms in total. The first-order valence-electron chi connectivity index (χ1n) is 12.3. The van der Waals surface area contributed by atoms with Crippen LogP contribution >= 0.6 is 0 Å². The number of H-pyrrole nitrogens is 2. The molecular weight excluding hydrogens is 432 g/mol. The summed E-state index contributed by atoms with van der Waals surface area (Å²) in [6, 6.07) is 6.13. The third-order valence-electron chi connectivity index (χ3n) is 6.85. The van der Waals surface area contributed by atoms with E-state index in [1.807, 2.05) is 36.8 Å². The number of nitrogens with one attached hydrogen (secondary N) is 3. The quantitative estimate of drug-likeness (QED) is 0.335. The van der Waals surface area contributed by atoms with Gasteiger partial charge in [0.05, 0.1) is 22.9 Å². The number of anilines is 1. The van der Waals surface area contributed by atoms with Gasteiger partial charge in [-0.15, -0.1) is 0 Å². The minimum Gasteiger partial charge on any atom is -0.358 e. The van der Waals surface area contributed by atoms with Gasteiger partial charge in [0.25, 0.3) is 0 Å². The number of pyridine rings is 2. The molecule has 0 atom stereocenters. The van der Waals surface area contributed by atoms with Crippen molar-refractivity contribution in [3.63, 3.8) is 0 Å². The fraction of sp³-hybridized carbons (Fsp3) is 0.276. The van der Waals surface area contributed by atoms with Crippen LogP contribution in [0.4, 0.5) is 5.69 Å². The molecule has 0 spiro atoms. The number of hydrogen-bond acceptors (Lipinski definition) is 4. The molecular formula is C29H32N6. The van der Waals surface area contributed by atoms with Crippen LogP contribution in [0.2, 0.25) is 0 Å². The highest BCUT2D eigenvalue weighted by atomic mass is 15.1. The topological polar surface area (TPSA) is 82.3 Å². The molecule has 4 aromatic rings. The summed E-state index contributed by atoms with van der Waals surface area (Å²) in [4.78, 5) is 12.0. The number of hydrogen-bond donors (Lipinski definition) is 3. The predicted octanol–water partition coefficient (Wildman–Crippen LogP) is 5.54. The first-order valence-corrected chi connectivity index (χ1v) is 12.3. The van der Waals surface area contributed by atoms with Gasteiger partial charge in [-0.05, 0) is 54.7 Å². The second-order valence-corrected chi connectivity index (χ2v) is 9.53. The van der Waals surface area contributed by atoms with Gasteiger partial charge in [0.2, 0.25) is 0 Å². The van der Waals surface area contributed by atoms with Crippen LogP contribution in [0.1, 0.15) is 51.0 Å². The second-order valence-electron chi connectivity index (χ2n) is 9.53. The van der Waals surface area contributed by atoms with Crippen LogP contribution in [0.15, 0.2) is 61.3 Å². The zero-order valence-corrected chi connectivity index (χ0v) is 20.3. The molecule has 1 aliphatic carbocycles. The van der Waals surface area contributed by atoms with E-state index in [-0.39, 0.29) is 0 Å². The van der Waals surface area contributed by atoms with Crippen LogP contribution in [0.25, 0.3) is 40.5 Å². The van der Waals surface area contributed by atoms with Crippen LogP contribution in [0.5, 0.6) is 0 Å². The van der Waals surface area contributed by atoms with Crippen molar-refractivity contribution in [3.05, 3.63) is 77.5 Å². The van der Waals surface area contributed by atoms with E-state index in [1.165, 1.54) is 32.1 Å². The van der Waals surface area contributed by atoms with E-state index in [4.69, 9.17) is 0 Å². The summed E-state index contributed by atoms with van der Waals surface area (Å²) in [6.07, 6.45) is 19.2. The van der Waals surface area contributed by atoms with Crippen molar-refractivity contribution >= 4 is 34.8 Å². The van der Waals surface area contributed by atoms with E-state index in [9.17, 15) is 0 Å². The van der Waals surface area contributed by atoms with E-state index in [0.717, 1.165) is 67.7 Å². The molecule has 4 aromatic heterocycles. The average molecular weight is 465 g/mol. The minimum absolute atomic E-state index is 0.758. The zero-order valence-electron chi connectivity index (χ0n) is 20.3. The Morgan fingerprint density at radius 2 is 2.00 bits per heavy atom. The molecule has 0 bridgehead atoms. The van der Waals surface area contributed by atoms with E-state index < -0.39 is 0 Å². The fourth-order valence-corrected chi connectivity index (χ4v) is 4.86. The monoisotopic (exact) mass is 464 g/mol. The first-order chi connectivity index (χ1) is 17.1. The molecule has 1 saturated carbocycles. The van der Waals surface area contributed by atoms with E-state index in [2.05, 4.69) is 62.7 Å². The number of nitrogens with zero attached hydrogens (tertiary/aromatic N) is 3. The van der Waals surface area contributed by atoms with Crippen molar-refractivity contribution in [2.45, 2.75) is 45.4 Å². The number of aromatic nitrogens is 5. The van der Waals surface area contributed by atoms with E-state index in [1.54, 1.807) is 6.20 Å². The van der Waals surface area contributed by atoms with Gasteiger partial charge in [0.1, 0.15) is 5.69 Å². The first kappa shape index (κ1) is 22.8. The van der Waals surface area contributed by atoms with Gasteiger partial charge in [-0.2, -0.15) is 5.10 Å². The van der Waals surface area contributed by atoms with Crippen LogP contribution < -0.4 is 15.9 Å². The third kappa shape index (κ3) is 5.27. The zero-order chi connectivity index (χ0) is 24.2. The average Bonchev–Trinajstić information content (AvgIpc) is 3.46. The third-order valence-corrected chi connectivity index (χ3v) is 6.85. The summed E-state index contributed by atoms with van der Waals surface area (Å²) in [5.41, 5.74) is 6.97. The predicted molar refractivity (Wildman–Crippen MR) is 145 cm³/mol. The largest absolute Gasteiger partial charge is 0.358 e. The Morgan fingerprint density at radius 3 is 2.83 bits per heavy atom. The molecule has 178 valence electrons. The molecule has 0 radical (unpaired) electrons. The van der Waals surface area contributed by atoms with Gasteiger partial charge in [-0.1, -0.05) is 51.3 Å². The number of rotatable bonds is 7. The van der Waals surface area contributed by atoms with Crippen molar-refractivity contribution in [1.29, 1.82) is 0 Å². The molecule has 6 heteroatoms. The lowest BCUT2D eigenvalue weighted by Crippen LogP contribution is -2.21. The van der Waals surface area contributed by atoms with Crippen molar-refractivity contribution in [1.82, 2.24) is 25.1 Å². The van der Waals surface area contributed by atoms with Crippen molar-refractivity contribution in [3.8, 4) is 11.4 Å². The minimum atomic E-state index is 0.758. The second kappa shape index (κ2) is 10.1. The highest BCUT2D eigenvalue weighted by Gasteiger charge is 2.14. The highest BCUT2D eigenvalue weighted by Crippen LogP contribution is 2.29. The van der Waals surface area contributed by atoms with Crippen LogP contribution in [0.3, 0.4) is 0 Å². The molecule has 0 aromatic carbocycles. The van der Waals surface area contributed by atoms with Gasteiger partial charge in [-0.3, -0.25) is 15.1 Å². The lowest BCUT2D eigenvalue weighted by Gasteiger charge is -2.22. The molecule has 0 saturated heterocycles. The fourth-order valence-electron chi connectivity index (χ4n) is 4.86. The molecule has 3 N–H and O–H groups in total. The maximum absolute atomic E-state index is 4.49. The van der Waals surface area contributed by atoms with Crippen LogP contribution in [0, 0.1) is 5.92 Å². The smallest absolute Gasteiger partial charge is 0.116 e. The van der Waals surface area contributed by atoms with Gasteiger partial charge >= 0.3 is 0 Å². The van der Waals surface area contributed by atoms with E-state index in [0.29, 0.717) is 0 Å². The molecule has 1 fully saturated rings. The van der Waals surface area contributed by atoms with Gasteiger partial charge in [-0.25, -0.2) is 0 Å². The molecule has 5 rings (SSSR count). The van der Waals surface area contributed by atoms with Crippen molar-refractivity contribution < 1.29 is 0 Å². The summed E-state index contributed by atoms with van der Waals surface area (Å²) in [6.45, 7) is 10.6. The summed E-state index contributed by atoms with van der Waals surface area (Å²) >= 11 is 0. The maximum Gasteiger partial charge on any atom is 0.116 e. The van der Waals surface area contributed by atoms with Gasteiger partial charge < -0.3 is 10.3 Å². The normalized spacial score (nSPS) is 15.6. The van der Waals surface area contributed by atoms with Crippen molar-refractivity contribution in [2.24, 2.45) is 5.92 Å². The Balaban J connectivity index is 1.31. The Labute approximate surface area is 205 Å². The van der Waals surface area contributed by atoms with Gasteiger partial charge in [0.15, 0.2) is 0 Å². The molecule has 1 aliphatic rings. The van der Waals surface area contributed by atoms with Crippen molar-refractivity contribution in [2.75, 3.05) is 5.32 Å². The molecule has 4 heterocycles. The SMILES string of the molecule is C=C(CC1CCCCC1)Nc1cncc(/C(C)=C/C=c2/[nH]nc(-c3cc4cnccc4[nH]3)c2=C)c1. The molecule has 35 heavy (non-hydrogen) atoms. The summed E-state index contributed by atoms with van der Waals surface area (Å²) in [7, 11) is 0. The molecule has 0 amide bonds. The standard InChI is InChI=1S/C29H32N6/c1-19(23-14-25(18-31-16-23)32-20(2)13-22-7-5-4-6-8-22)9-10-26-21(3)29(35-34-26)28-15-24-17-30-12-11-27(24)33-28/h9-12,14-18,22,32-34H,2-8,13H2,1H3/b19-9+,26-10+. The lowest BCUT2D eigenvalue weighted by atomic mass is 9.86. The van der Waals surface area contributed by atoms with Gasteiger partial charge in [0, 0.05) is 40.4 Å². The van der Waals surface area contributed by atoms with Crippen LogP contribution in [-0.4, -0.2) is 25.1 Å². The summed E-state index contributed by atoms with van der Waals surface area (Å²) in [5.74, 6) is 0.758. The molecule has 0 aliphatic heterocycles. The Kier molecular flexibility index (Phi) is 6.62. The Hall–Kier alpha value is -3.93. The highest BCUT2D eigenvalue weighted by molar-refractivity contribution is 5.84. The Morgan fingerprint density at radius 1 is 1.14 bits per heavy atom. The summed E-state index contributed by atoms with van der Waals surface area (Å²) in [5, 5.41) is 13.9. The lowest BCUT2D eigenvalue weighted by molar-refractivity contribution is 0.357. The number of allylic oxidation sites excluding steroid dienone is 3. The maximum atomic E-state index is 4.49. The Bertz CT molecular complexity index is 1450. The van der Waals surface area contributed by atoms with Crippen LogP contribution in [-0.2, 0) is 0 Å². The van der Waals surface area contributed by atoms with E-state index >= 15 is 0 Å². The number of aromatic amines is 2. The number of fused-ring (bicyclic) bond motifs is 1. The molecule has 0 unspecified atom stereocenters.